The van der Waals surface area contributed by atoms with E-state index in [1.165, 1.54) is 122 Å². The largest absolute Gasteiger partial charge is 0.198 e. The highest BCUT2D eigenvalue weighted by Gasteiger charge is 2.44. The van der Waals surface area contributed by atoms with Crippen LogP contribution in [-0.2, 0) is 0 Å². The van der Waals surface area contributed by atoms with Crippen LogP contribution in [0.4, 0.5) is 0 Å². The molecule has 0 unspecified atom stereocenters. The summed E-state index contributed by atoms with van der Waals surface area (Å²) in [6.45, 7) is 4.59. The van der Waals surface area contributed by atoms with Crippen molar-refractivity contribution < 1.29 is 0 Å². The lowest BCUT2D eigenvalue weighted by atomic mass is 9.57. The predicted octanol–water partition coefficient (Wildman–Crippen LogP) is 9.07. The molecule has 1 heteroatoms. The molecule has 3 saturated carbocycles. The summed E-state index contributed by atoms with van der Waals surface area (Å²) in [7, 11) is 0. The van der Waals surface area contributed by atoms with E-state index < -0.39 is 0 Å². The topological polar surface area (TPSA) is 23.8 Å². The molecule has 4 atom stereocenters. The first-order valence-electron chi connectivity index (χ1n) is 13.6. The lowest BCUT2D eigenvalue weighted by Crippen LogP contribution is -2.38. The van der Waals surface area contributed by atoms with Crippen LogP contribution in [0.1, 0.15) is 136 Å². The molecule has 3 fully saturated rings. The Morgan fingerprint density at radius 1 is 0.724 bits per heavy atom. The Morgan fingerprint density at radius 2 is 1.38 bits per heavy atom. The Kier molecular flexibility index (Phi) is 9.40. The molecule has 0 amide bonds. The fourth-order valence-electron chi connectivity index (χ4n) is 7.39. The second kappa shape index (κ2) is 11.8. The summed E-state index contributed by atoms with van der Waals surface area (Å²) in [5.41, 5.74) is 0.0407. The number of rotatable bonds is 10. The first-order valence-corrected chi connectivity index (χ1v) is 13.6. The maximum atomic E-state index is 9.95. The number of fused-ring (bicyclic) bond motifs is 1. The summed E-state index contributed by atoms with van der Waals surface area (Å²) in [6, 6.07) is 2.81. The smallest absolute Gasteiger partial charge is 0.0689 e. The van der Waals surface area contributed by atoms with Crippen molar-refractivity contribution in [2.24, 2.45) is 35.0 Å². The molecule has 0 spiro atoms. The van der Waals surface area contributed by atoms with Gasteiger partial charge in [0.25, 0.3) is 0 Å². The molecule has 1 nitrogen and oxygen atoms in total. The second-order valence-electron chi connectivity index (χ2n) is 11.3. The molecule has 3 aliphatic carbocycles. The summed E-state index contributed by atoms with van der Waals surface area (Å²) in [4.78, 5) is 0. The maximum absolute atomic E-state index is 9.95. The normalized spacial score (nSPS) is 37.6. The SMILES string of the molecule is CCCCCCC1CCC([C@H]2CC[C@@H]3C[C@](C#N)(CCCCC)CC[C@@H]3C2)CC1. The van der Waals surface area contributed by atoms with E-state index in [0.29, 0.717) is 0 Å². The average Bonchev–Trinajstić information content (AvgIpc) is 2.77. The molecule has 0 bridgehead atoms. The molecule has 0 aromatic heterocycles. The summed E-state index contributed by atoms with van der Waals surface area (Å²) in [5.74, 6) is 4.93. The van der Waals surface area contributed by atoms with E-state index in [9.17, 15) is 5.26 Å². The molecular weight excluding hydrogens is 350 g/mol. The average molecular weight is 400 g/mol. The number of nitriles is 1. The van der Waals surface area contributed by atoms with Crippen molar-refractivity contribution >= 4 is 0 Å². The van der Waals surface area contributed by atoms with Gasteiger partial charge in [-0.25, -0.2) is 0 Å². The maximum Gasteiger partial charge on any atom is 0.0689 e. The highest BCUT2D eigenvalue weighted by Crippen LogP contribution is 2.53. The number of nitrogens with zero attached hydrogens (tertiary/aromatic N) is 1. The van der Waals surface area contributed by atoms with Crippen molar-refractivity contribution in [1.82, 2.24) is 0 Å². The number of hydrogen-bond acceptors (Lipinski definition) is 1. The van der Waals surface area contributed by atoms with Crippen molar-refractivity contribution in [2.45, 2.75) is 136 Å². The Hall–Kier alpha value is -0.510. The van der Waals surface area contributed by atoms with Crippen LogP contribution in [0, 0.1) is 46.3 Å². The molecule has 0 aliphatic heterocycles. The minimum Gasteiger partial charge on any atom is -0.198 e. The van der Waals surface area contributed by atoms with Gasteiger partial charge in [0.1, 0.15) is 0 Å². The van der Waals surface area contributed by atoms with E-state index in [-0.39, 0.29) is 5.41 Å². The molecule has 0 N–H and O–H groups in total. The molecule has 0 aromatic rings. The quantitative estimate of drug-likeness (QED) is 0.336. The standard InChI is InChI=1S/C28H49N/c1-3-5-7-8-10-23-11-13-24(14-12-23)25-15-16-27-21-28(22-29,18-9-6-4-2)19-17-26(27)20-25/h23-27H,3-21H2,1-2H3/t23?,24?,25-,26+,27+,28-/m0/s1. The zero-order chi connectivity index (χ0) is 20.5. The van der Waals surface area contributed by atoms with Gasteiger partial charge < -0.3 is 0 Å². The van der Waals surface area contributed by atoms with Crippen molar-refractivity contribution in [3.8, 4) is 6.07 Å². The summed E-state index contributed by atoms with van der Waals surface area (Å²) in [5, 5.41) is 9.95. The molecule has 0 heterocycles. The monoisotopic (exact) mass is 399 g/mol. The fraction of sp³-hybridized carbons (Fsp3) is 0.964. The molecule has 0 saturated heterocycles. The van der Waals surface area contributed by atoms with Crippen LogP contribution in [0.2, 0.25) is 0 Å². The van der Waals surface area contributed by atoms with Crippen LogP contribution >= 0.6 is 0 Å². The molecule has 3 rings (SSSR count). The summed E-state index contributed by atoms with van der Waals surface area (Å²) in [6.07, 6.45) is 26.6. The van der Waals surface area contributed by atoms with Gasteiger partial charge in [0.15, 0.2) is 0 Å². The van der Waals surface area contributed by atoms with Gasteiger partial charge in [0, 0.05) is 0 Å². The summed E-state index contributed by atoms with van der Waals surface area (Å²) < 4.78 is 0. The zero-order valence-corrected chi connectivity index (χ0v) is 19.8. The molecule has 0 radical (unpaired) electrons. The van der Waals surface area contributed by atoms with Gasteiger partial charge in [-0.15, -0.1) is 0 Å². The van der Waals surface area contributed by atoms with E-state index in [1.807, 2.05) is 0 Å². The number of unbranched alkanes of at least 4 members (excludes halogenated alkanes) is 5. The predicted molar refractivity (Wildman–Crippen MR) is 125 cm³/mol. The van der Waals surface area contributed by atoms with Crippen LogP contribution in [0.25, 0.3) is 0 Å². The lowest BCUT2D eigenvalue weighted by molar-refractivity contribution is 0.0377. The number of hydrogen-bond donors (Lipinski definition) is 0. The molecular formula is C28H49N. The summed E-state index contributed by atoms with van der Waals surface area (Å²) >= 11 is 0. The Balaban J connectivity index is 1.41. The lowest BCUT2D eigenvalue weighted by Gasteiger charge is -2.47. The van der Waals surface area contributed by atoms with E-state index >= 15 is 0 Å². The van der Waals surface area contributed by atoms with Crippen LogP contribution in [0.3, 0.4) is 0 Å². The van der Waals surface area contributed by atoms with Crippen molar-refractivity contribution in [3.05, 3.63) is 0 Å². The van der Waals surface area contributed by atoms with Gasteiger partial charge in [0.2, 0.25) is 0 Å². The van der Waals surface area contributed by atoms with E-state index in [2.05, 4.69) is 19.9 Å². The van der Waals surface area contributed by atoms with E-state index in [4.69, 9.17) is 0 Å². The van der Waals surface area contributed by atoms with Crippen LogP contribution in [-0.4, -0.2) is 0 Å². The third-order valence-corrected chi connectivity index (χ3v) is 9.35. The van der Waals surface area contributed by atoms with Crippen molar-refractivity contribution in [3.63, 3.8) is 0 Å². The molecule has 3 aliphatic rings. The highest BCUT2D eigenvalue weighted by molar-refractivity contribution is 5.04. The van der Waals surface area contributed by atoms with Gasteiger partial charge in [-0.3, -0.25) is 0 Å². The van der Waals surface area contributed by atoms with E-state index in [0.717, 1.165) is 29.6 Å². The van der Waals surface area contributed by atoms with Crippen LogP contribution in [0.5, 0.6) is 0 Å². The molecule has 29 heavy (non-hydrogen) atoms. The van der Waals surface area contributed by atoms with Crippen molar-refractivity contribution in [1.29, 1.82) is 5.26 Å². The Labute approximate surface area is 182 Å². The third kappa shape index (κ3) is 6.48. The Bertz CT molecular complexity index is 497. The molecule has 0 aromatic carbocycles. The fourth-order valence-corrected chi connectivity index (χ4v) is 7.39. The molecule has 166 valence electrons. The van der Waals surface area contributed by atoms with Gasteiger partial charge >= 0.3 is 0 Å². The zero-order valence-electron chi connectivity index (χ0n) is 19.8. The highest BCUT2D eigenvalue weighted by atomic mass is 14.5. The van der Waals surface area contributed by atoms with Gasteiger partial charge in [-0.2, -0.15) is 5.26 Å². The van der Waals surface area contributed by atoms with Gasteiger partial charge in [-0.1, -0.05) is 78.1 Å². The first kappa shape index (κ1) is 23.2. The van der Waals surface area contributed by atoms with Crippen LogP contribution < -0.4 is 0 Å². The van der Waals surface area contributed by atoms with Crippen LogP contribution in [0.15, 0.2) is 0 Å². The Morgan fingerprint density at radius 3 is 2.10 bits per heavy atom. The van der Waals surface area contributed by atoms with E-state index in [1.54, 1.807) is 0 Å². The third-order valence-electron chi connectivity index (χ3n) is 9.35. The minimum absolute atomic E-state index is 0.0407. The minimum atomic E-state index is 0.0407. The second-order valence-corrected chi connectivity index (χ2v) is 11.3. The van der Waals surface area contributed by atoms with Crippen molar-refractivity contribution in [2.75, 3.05) is 0 Å². The first-order chi connectivity index (χ1) is 14.2. The van der Waals surface area contributed by atoms with Gasteiger partial charge in [-0.05, 0) is 87.4 Å². The van der Waals surface area contributed by atoms with Gasteiger partial charge in [0.05, 0.1) is 11.5 Å².